The number of fused-ring (bicyclic) bond motifs is 3. The summed E-state index contributed by atoms with van der Waals surface area (Å²) in [5.41, 5.74) is -4.93. The Morgan fingerprint density at radius 2 is 1.71 bits per heavy atom. The number of amides is 4. The Labute approximate surface area is 340 Å². The van der Waals surface area contributed by atoms with Crippen molar-refractivity contribution in [3.8, 4) is 5.88 Å². The number of allylic oxidation sites excluding steroid dienone is 1. The van der Waals surface area contributed by atoms with E-state index in [1.165, 1.54) is 11.6 Å². The molecule has 0 bridgehead atoms. The van der Waals surface area contributed by atoms with Crippen LogP contribution in [0, 0.1) is 17.8 Å². The van der Waals surface area contributed by atoms with Crippen LogP contribution in [0.2, 0.25) is 0 Å². The van der Waals surface area contributed by atoms with E-state index in [1.807, 2.05) is 13.0 Å². The van der Waals surface area contributed by atoms with Crippen molar-refractivity contribution in [3.63, 3.8) is 0 Å². The van der Waals surface area contributed by atoms with Gasteiger partial charge >= 0.3 is 12.3 Å². The number of hydrogen-bond acceptors (Lipinski definition) is 10. The summed E-state index contributed by atoms with van der Waals surface area (Å²) < 4.78 is 81.2. The second-order valence-corrected chi connectivity index (χ2v) is 19.9. The van der Waals surface area contributed by atoms with Crippen LogP contribution >= 0.6 is 0 Å². The highest BCUT2D eigenvalue weighted by molar-refractivity contribution is 7.91. The predicted molar refractivity (Wildman–Crippen MR) is 209 cm³/mol. The molecule has 7 atom stereocenters. The lowest BCUT2D eigenvalue weighted by Crippen LogP contribution is -2.59. The predicted octanol–water partition coefficient (Wildman–Crippen LogP) is 4.65. The summed E-state index contributed by atoms with van der Waals surface area (Å²) in [5, 5.41) is 10.3. The first kappa shape index (κ1) is 43.9. The van der Waals surface area contributed by atoms with E-state index < -0.39 is 85.9 Å². The zero-order chi connectivity index (χ0) is 43.5. The van der Waals surface area contributed by atoms with E-state index in [0.717, 1.165) is 4.90 Å². The highest BCUT2D eigenvalue weighted by atomic mass is 32.2. The van der Waals surface area contributed by atoms with Gasteiger partial charge < -0.3 is 25.0 Å². The van der Waals surface area contributed by atoms with Crippen LogP contribution in [-0.4, -0.2) is 93.7 Å². The molecular formula is C40H53F3N6O9S. The van der Waals surface area contributed by atoms with Gasteiger partial charge in [0.2, 0.25) is 33.3 Å². The van der Waals surface area contributed by atoms with Gasteiger partial charge in [-0.3, -0.25) is 23.9 Å². The molecule has 3 N–H and O–H groups in total. The number of aromatic nitrogens is 2. The largest absolute Gasteiger partial charge is 0.471 e. The van der Waals surface area contributed by atoms with Gasteiger partial charge in [0.05, 0.1) is 28.1 Å². The van der Waals surface area contributed by atoms with Crippen LogP contribution in [0.1, 0.15) is 99.5 Å². The minimum Gasteiger partial charge on any atom is -0.471 e. The molecule has 2 aliphatic heterocycles. The Bertz CT molecular complexity index is 2210. The van der Waals surface area contributed by atoms with E-state index in [2.05, 4.69) is 20.5 Å². The fourth-order valence-corrected chi connectivity index (χ4v) is 9.13. The molecule has 1 unspecified atom stereocenters. The minimum atomic E-state index is -4.93. The van der Waals surface area contributed by atoms with Crippen molar-refractivity contribution in [1.82, 2.24) is 30.0 Å². The molecule has 2 aromatic rings. The molecule has 59 heavy (non-hydrogen) atoms. The van der Waals surface area contributed by atoms with E-state index in [-0.39, 0.29) is 42.8 Å². The second-order valence-electron chi connectivity index (χ2n) is 17.7. The number of carbonyl (C=O) groups excluding carboxylic acids is 4. The maximum absolute atomic E-state index is 14.8. The van der Waals surface area contributed by atoms with Gasteiger partial charge in [-0.2, -0.15) is 13.2 Å². The smallest absolute Gasteiger partial charge is 0.427 e. The lowest BCUT2D eigenvalue weighted by molar-refractivity contribution is -0.244. The van der Waals surface area contributed by atoms with Crippen molar-refractivity contribution >= 4 is 44.6 Å². The number of carbonyl (C=O) groups is 4. The van der Waals surface area contributed by atoms with Gasteiger partial charge in [0, 0.05) is 12.3 Å². The van der Waals surface area contributed by atoms with Gasteiger partial charge in [0.15, 0.2) is 0 Å². The van der Waals surface area contributed by atoms with Crippen molar-refractivity contribution < 1.29 is 50.2 Å². The lowest BCUT2D eigenvalue weighted by atomic mass is 9.88. The monoisotopic (exact) mass is 850 g/mol. The van der Waals surface area contributed by atoms with Crippen LogP contribution < -0.4 is 25.7 Å². The number of ether oxygens (including phenoxy) is 2. The quantitative estimate of drug-likeness (QED) is 0.315. The van der Waals surface area contributed by atoms with Crippen LogP contribution in [0.5, 0.6) is 5.88 Å². The zero-order valence-corrected chi connectivity index (χ0v) is 35.0. The number of alkyl halides is 3. The van der Waals surface area contributed by atoms with Crippen LogP contribution in [0.25, 0.3) is 10.8 Å². The first-order chi connectivity index (χ1) is 27.4. The number of sulfonamides is 1. The summed E-state index contributed by atoms with van der Waals surface area (Å²) in [6, 6.07) is 3.43. The van der Waals surface area contributed by atoms with Crippen molar-refractivity contribution in [3.05, 3.63) is 46.8 Å². The molecule has 2 aliphatic carbocycles. The van der Waals surface area contributed by atoms with Crippen molar-refractivity contribution in [2.75, 3.05) is 6.54 Å². The van der Waals surface area contributed by atoms with E-state index in [9.17, 15) is 45.6 Å². The Hall–Kier alpha value is -4.68. The SMILES string of the molecule is CC(C)n1nc(O[C@@H]2C[C@H]3C(=O)N[C@]4(C(=O)NS(=O)(=O)C5(C)CC5)CC4/C=C\CC[C@H](C)C[C@@H](C)[C@H](NC(=O)OC(C)(C)C(F)(F)F)C(=O)N3C2)c2ccccc2c1=O. The van der Waals surface area contributed by atoms with Crippen molar-refractivity contribution in [2.24, 2.45) is 17.8 Å². The number of alkyl carbamates (subject to hydrolysis) is 1. The molecule has 1 saturated heterocycles. The normalized spacial score (nSPS) is 29.3. The van der Waals surface area contributed by atoms with Gasteiger partial charge in [-0.25, -0.2) is 17.9 Å². The van der Waals surface area contributed by atoms with E-state index >= 15 is 0 Å². The van der Waals surface area contributed by atoms with Gasteiger partial charge in [0.25, 0.3) is 11.5 Å². The highest BCUT2D eigenvalue weighted by Crippen LogP contribution is 2.47. The zero-order valence-electron chi connectivity index (χ0n) is 34.2. The van der Waals surface area contributed by atoms with Crippen molar-refractivity contribution in [2.45, 2.75) is 140 Å². The summed E-state index contributed by atoms with van der Waals surface area (Å²) in [7, 11) is -4.10. The minimum absolute atomic E-state index is 0.0475. The third kappa shape index (κ3) is 8.80. The van der Waals surface area contributed by atoms with Crippen LogP contribution in [0.15, 0.2) is 41.2 Å². The fourth-order valence-electron chi connectivity index (χ4n) is 7.81. The van der Waals surface area contributed by atoms with Gasteiger partial charge in [-0.1, -0.05) is 38.1 Å². The van der Waals surface area contributed by atoms with E-state index in [1.54, 1.807) is 51.1 Å². The molecule has 4 amide bonds. The van der Waals surface area contributed by atoms with Crippen LogP contribution in [0.4, 0.5) is 18.0 Å². The number of hydrogen-bond donors (Lipinski definition) is 3. The molecule has 324 valence electrons. The van der Waals surface area contributed by atoms with Crippen LogP contribution in [0.3, 0.4) is 0 Å². The number of rotatable bonds is 8. The second kappa shape index (κ2) is 15.7. The van der Waals surface area contributed by atoms with Gasteiger partial charge in [-0.15, -0.1) is 5.10 Å². The molecule has 15 nitrogen and oxygen atoms in total. The molecule has 0 spiro atoms. The summed E-state index contributed by atoms with van der Waals surface area (Å²) in [5.74, 6) is -3.79. The molecule has 4 aliphatic rings. The molecule has 3 heterocycles. The molecule has 6 rings (SSSR count). The third-order valence-corrected chi connectivity index (χ3v) is 14.3. The number of nitrogens with one attached hydrogen (secondary N) is 3. The maximum atomic E-state index is 14.8. The van der Waals surface area contributed by atoms with Gasteiger partial charge in [0.1, 0.15) is 23.7 Å². The Morgan fingerprint density at radius 3 is 2.34 bits per heavy atom. The Morgan fingerprint density at radius 1 is 1.05 bits per heavy atom. The van der Waals surface area contributed by atoms with Crippen molar-refractivity contribution in [1.29, 1.82) is 0 Å². The first-order valence-corrected chi connectivity index (χ1v) is 21.5. The average molecular weight is 851 g/mol. The van der Waals surface area contributed by atoms with E-state index in [4.69, 9.17) is 9.47 Å². The average Bonchev–Trinajstić information content (AvgIpc) is 4.02. The first-order valence-electron chi connectivity index (χ1n) is 20.0. The summed E-state index contributed by atoms with van der Waals surface area (Å²) in [6.07, 6.45) is -1.65. The highest BCUT2D eigenvalue weighted by Gasteiger charge is 2.63. The summed E-state index contributed by atoms with van der Waals surface area (Å²) in [6.45, 7) is 9.74. The fraction of sp³-hybridized carbons (Fsp3) is 0.650. The Balaban J connectivity index is 1.38. The number of benzene rings is 1. The number of halogens is 3. The molecule has 2 saturated carbocycles. The van der Waals surface area contributed by atoms with E-state index in [0.29, 0.717) is 56.7 Å². The number of nitrogens with zero attached hydrogens (tertiary/aromatic N) is 3. The van der Waals surface area contributed by atoms with Gasteiger partial charge in [-0.05, 0) is 97.1 Å². The molecule has 1 aromatic heterocycles. The molecule has 0 radical (unpaired) electrons. The van der Waals surface area contributed by atoms with Crippen LogP contribution in [-0.2, 0) is 29.1 Å². The lowest BCUT2D eigenvalue weighted by Gasteiger charge is -2.34. The standard InChI is InChI=1S/C40H53F3N6O9S/c1-22(2)49-33(51)28-15-11-10-14-27(28)32(46-49)57-26-19-29-31(50)45-39(35(53)47-59(55,56)38(7)16-17-38)20-25(39)13-9-8-12-23(3)18-24(4)30(34(52)48(29)21-26)44-36(54)58-37(5,6)40(41,42)43/h9-11,13-15,22-26,29-30H,8,12,16-21H2,1-7H3,(H,44,54)(H,45,50)(H,47,53)/b13-9-/t23-,24+,25?,26+,29-,30-,39+/m0/s1. The molecule has 1 aromatic carbocycles. The summed E-state index contributed by atoms with van der Waals surface area (Å²) >= 11 is 0. The molecule has 19 heteroatoms. The molecular weight excluding hydrogens is 798 g/mol. The molecule has 3 fully saturated rings. The maximum Gasteiger partial charge on any atom is 0.427 e. The third-order valence-electron chi connectivity index (χ3n) is 12.1. The summed E-state index contributed by atoms with van der Waals surface area (Å²) in [4.78, 5) is 70.9. The Kier molecular flexibility index (Phi) is 11.7. The topological polar surface area (TPSA) is 195 Å².